The fraction of sp³-hybridized carbons (Fsp3) is 0.214. The second kappa shape index (κ2) is 7.42. The number of ether oxygens (including phenoxy) is 2. The number of rotatable bonds is 6. The van der Waals surface area contributed by atoms with E-state index in [1.54, 1.807) is 0 Å². The summed E-state index contributed by atoms with van der Waals surface area (Å²) >= 11 is 4.81. The summed E-state index contributed by atoms with van der Waals surface area (Å²) in [6.07, 6.45) is 1.40. The van der Waals surface area contributed by atoms with Gasteiger partial charge in [0.1, 0.15) is 0 Å². The van der Waals surface area contributed by atoms with Crippen LogP contribution < -0.4 is 9.47 Å². The van der Waals surface area contributed by atoms with E-state index in [4.69, 9.17) is 9.47 Å². The lowest BCUT2D eigenvalue weighted by molar-refractivity contribution is 0.101. The van der Waals surface area contributed by atoms with Gasteiger partial charge in [-0.25, -0.2) is 4.98 Å². The van der Waals surface area contributed by atoms with Gasteiger partial charge in [0, 0.05) is 9.37 Å². The van der Waals surface area contributed by atoms with E-state index >= 15 is 0 Å². The molecular formula is C14H13BrN2O3S. The molecule has 1 aromatic heterocycles. The Balaban J connectivity index is 2.07. The first-order valence-electron chi connectivity index (χ1n) is 6.00. The fourth-order valence-electron chi connectivity index (χ4n) is 1.54. The first-order chi connectivity index (χ1) is 10.1. The molecule has 0 atom stereocenters. The Morgan fingerprint density at radius 1 is 1.24 bits per heavy atom. The molecule has 5 nitrogen and oxygen atoms in total. The molecule has 0 spiro atoms. The van der Waals surface area contributed by atoms with Gasteiger partial charge in [-0.1, -0.05) is 15.9 Å². The van der Waals surface area contributed by atoms with Gasteiger partial charge >= 0.3 is 0 Å². The average Bonchev–Trinajstić information content (AvgIpc) is 2.53. The summed E-state index contributed by atoms with van der Waals surface area (Å²) in [4.78, 5) is 21.3. The van der Waals surface area contributed by atoms with Crippen molar-refractivity contribution in [3.8, 4) is 11.8 Å². The van der Waals surface area contributed by atoms with Crippen LogP contribution in [0, 0.1) is 0 Å². The molecule has 1 aromatic carbocycles. The van der Waals surface area contributed by atoms with Gasteiger partial charge in [0.15, 0.2) is 11.5 Å². The molecule has 0 saturated carbocycles. The van der Waals surface area contributed by atoms with Crippen molar-refractivity contribution in [1.29, 1.82) is 0 Å². The zero-order valence-corrected chi connectivity index (χ0v) is 13.9. The number of hydrogen-bond acceptors (Lipinski definition) is 6. The van der Waals surface area contributed by atoms with Gasteiger partial charge in [0.05, 0.1) is 26.2 Å². The molecule has 0 N–H and O–H groups in total. The van der Waals surface area contributed by atoms with Crippen LogP contribution in [0.15, 0.2) is 39.8 Å². The van der Waals surface area contributed by atoms with E-state index in [0.717, 1.165) is 9.37 Å². The monoisotopic (exact) mass is 368 g/mol. The number of benzene rings is 1. The number of aromatic nitrogens is 2. The van der Waals surface area contributed by atoms with Gasteiger partial charge in [0.2, 0.25) is 11.8 Å². The van der Waals surface area contributed by atoms with E-state index in [-0.39, 0.29) is 23.1 Å². The Bertz CT molecular complexity index is 635. The van der Waals surface area contributed by atoms with E-state index in [0.29, 0.717) is 5.88 Å². The highest BCUT2D eigenvalue weighted by Crippen LogP contribution is 2.23. The van der Waals surface area contributed by atoms with Crippen molar-refractivity contribution in [2.24, 2.45) is 0 Å². The number of carbonyl (C=O) groups is 1. The largest absolute Gasteiger partial charge is 0.480 e. The predicted octanol–water partition coefficient (Wildman–Crippen LogP) is 3.23. The highest BCUT2D eigenvalue weighted by molar-refractivity contribution is 9.10. The third-order valence-electron chi connectivity index (χ3n) is 2.57. The van der Waals surface area contributed by atoms with Crippen LogP contribution in [0.25, 0.3) is 0 Å². The molecular weight excluding hydrogens is 356 g/mol. The second-order valence-corrected chi connectivity index (χ2v) is 5.90. The normalized spacial score (nSPS) is 10.2. The lowest BCUT2D eigenvalue weighted by Gasteiger charge is -2.07. The number of methoxy groups -OCH3 is 2. The van der Waals surface area contributed by atoms with Gasteiger partial charge in [-0.2, -0.15) is 4.98 Å². The molecule has 0 amide bonds. The fourth-order valence-corrected chi connectivity index (χ4v) is 2.56. The van der Waals surface area contributed by atoms with Crippen LogP contribution in [-0.2, 0) is 0 Å². The Morgan fingerprint density at radius 3 is 2.57 bits per heavy atom. The number of Topliss-reactive ketones (excluding diaryl/α,β-unsaturated/α-hetero) is 1. The lowest BCUT2D eigenvalue weighted by Crippen LogP contribution is -2.09. The lowest BCUT2D eigenvalue weighted by atomic mass is 10.3. The standard InChI is InChI=1S/C14H13BrN2O3S/c1-19-12-7-16-13(14(17-12)20-2)11(18)8-21-10-5-3-9(15)4-6-10/h3-7H,8H2,1-2H3. The smallest absolute Gasteiger partial charge is 0.246 e. The van der Waals surface area contributed by atoms with Gasteiger partial charge in [-0.15, -0.1) is 11.8 Å². The number of thioether (sulfide) groups is 1. The van der Waals surface area contributed by atoms with E-state index in [2.05, 4.69) is 25.9 Å². The summed E-state index contributed by atoms with van der Waals surface area (Å²) in [6.45, 7) is 0. The highest BCUT2D eigenvalue weighted by Gasteiger charge is 2.17. The van der Waals surface area contributed by atoms with Crippen molar-refractivity contribution in [2.75, 3.05) is 20.0 Å². The van der Waals surface area contributed by atoms with Crippen LogP contribution in [0.4, 0.5) is 0 Å². The Morgan fingerprint density at radius 2 is 1.95 bits per heavy atom. The minimum absolute atomic E-state index is 0.144. The summed E-state index contributed by atoms with van der Waals surface area (Å²) in [6, 6.07) is 7.75. The molecule has 0 saturated heterocycles. The average molecular weight is 369 g/mol. The number of halogens is 1. The van der Waals surface area contributed by atoms with Crippen molar-refractivity contribution in [3.05, 3.63) is 40.6 Å². The van der Waals surface area contributed by atoms with Crippen molar-refractivity contribution in [1.82, 2.24) is 9.97 Å². The summed E-state index contributed by atoms with van der Waals surface area (Å²) in [5.74, 6) is 0.605. The number of ketones is 1. The second-order valence-electron chi connectivity index (χ2n) is 3.94. The van der Waals surface area contributed by atoms with E-state index < -0.39 is 0 Å². The molecule has 2 aromatic rings. The maximum Gasteiger partial charge on any atom is 0.246 e. The zero-order valence-electron chi connectivity index (χ0n) is 11.5. The summed E-state index contributed by atoms with van der Waals surface area (Å²) in [7, 11) is 2.93. The van der Waals surface area contributed by atoms with Gasteiger partial charge < -0.3 is 9.47 Å². The van der Waals surface area contributed by atoms with Crippen molar-refractivity contribution >= 4 is 33.5 Å². The molecule has 0 aliphatic carbocycles. The minimum atomic E-state index is -0.144. The summed E-state index contributed by atoms with van der Waals surface area (Å²) in [5, 5.41) is 0. The number of carbonyl (C=O) groups excluding carboxylic acids is 1. The van der Waals surface area contributed by atoms with E-state index in [9.17, 15) is 4.79 Å². The van der Waals surface area contributed by atoms with Crippen molar-refractivity contribution < 1.29 is 14.3 Å². The molecule has 21 heavy (non-hydrogen) atoms. The van der Waals surface area contributed by atoms with Crippen LogP contribution in [-0.4, -0.2) is 35.7 Å². The van der Waals surface area contributed by atoms with E-state index in [1.165, 1.54) is 32.2 Å². The Kier molecular flexibility index (Phi) is 5.58. The molecule has 0 fully saturated rings. The van der Waals surface area contributed by atoms with Crippen LogP contribution in [0.1, 0.15) is 10.5 Å². The van der Waals surface area contributed by atoms with Crippen LogP contribution in [0.2, 0.25) is 0 Å². The summed E-state index contributed by atoms with van der Waals surface area (Å²) < 4.78 is 11.0. The minimum Gasteiger partial charge on any atom is -0.480 e. The van der Waals surface area contributed by atoms with Crippen LogP contribution in [0.3, 0.4) is 0 Å². The maximum atomic E-state index is 12.2. The molecule has 0 aliphatic rings. The number of hydrogen-bond donors (Lipinski definition) is 0. The first kappa shape index (κ1) is 15.8. The predicted molar refractivity (Wildman–Crippen MR) is 84.3 cm³/mol. The van der Waals surface area contributed by atoms with Crippen LogP contribution in [0.5, 0.6) is 11.8 Å². The molecule has 0 bridgehead atoms. The molecule has 0 unspecified atom stereocenters. The molecule has 2 rings (SSSR count). The highest BCUT2D eigenvalue weighted by atomic mass is 79.9. The van der Waals surface area contributed by atoms with Crippen molar-refractivity contribution in [3.63, 3.8) is 0 Å². The SMILES string of the molecule is COc1cnc(C(=O)CSc2ccc(Br)cc2)c(OC)n1. The topological polar surface area (TPSA) is 61.3 Å². The Labute approximate surface area is 135 Å². The molecule has 0 radical (unpaired) electrons. The molecule has 0 aliphatic heterocycles. The number of nitrogens with zero attached hydrogens (tertiary/aromatic N) is 2. The maximum absolute atomic E-state index is 12.2. The molecule has 1 heterocycles. The molecule has 110 valence electrons. The third-order valence-corrected chi connectivity index (χ3v) is 4.11. The van der Waals surface area contributed by atoms with E-state index in [1.807, 2.05) is 24.3 Å². The molecule has 7 heteroatoms. The summed E-state index contributed by atoms with van der Waals surface area (Å²) in [5.41, 5.74) is 0.211. The van der Waals surface area contributed by atoms with Gasteiger partial charge in [-0.3, -0.25) is 4.79 Å². The quantitative estimate of drug-likeness (QED) is 0.576. The first-order valence-corrected chi connectivity index (χ1v) is 7.78. The van der Waals surface area contributed by atoms with Crippen LogP contribution >= 0.6 is 27.7 Å². The van der Waals surface area contributed by atoms with Crippen molar-refractivity contribution in [2.45, 2.75) is 4.90 Å². The Hall–Kier alpha value is -1.60. The zero-order chi connectivity index (χ0) is 15.2. The van der Waals surface area contributed by atoms with Gasteiger partial charge in [0.25, 0.3) is 0 Å². The third kappa shape index (κ3) is 4.18. The van der Waals surface area contributed by atoms with Gasteiger partial charge in [-0.05, 0) is 24.3 Å².